The van der Waals surface area contributed by atoms with Crippen molar-refractivity contribution in [3.63, 3.8) is 0 Å². The minimum atomic E-state index is -0.942. The minimum Gasteiger partial charge on any atom is -0.481 e. The smallest absolute Gasteiger partial charge is 0.303 e. The number of anilines is 1. The van der Waals surface area contributed by atoms with E-state index >= 15 is 0 Å². The third kappa shape index (κ3) is 3.87. The average molecular weight is 249 g/mol. The summed E-state index contributed by atoms with van der Waals surface area (Å²) in [4.78, 5) is 24.3. The van der Waals surface area contributed by atoms with Crippen molar-refractivity contribution in [3.8, 4) is 0 Å². The molecular formula is C14H19NO3. The van der Waals surface area contributed by atoms with Gasteiger partial charge in [0.1, 0.15) is 0 Å². The molecule has 1 aromatic rings. The molecule has 0 fully saturated rings. The van der Waals surface area contributed by atoms with Gasteiger partial charge in [-0.2, -0.15) is 0 Å². The highest BCUT2D eigenvalue weighted by molar-refractivity contribution is 5.97. The van der Waals surface area contributed by atoms with E-state index in [-0.39, 0.29) is 18.6 Å². The molecule has 4 nitrogen and oxygen atoms in total. The van der Waals surface area contributed by atoms with E-state index in [1.54, 1.807) is 12.1 Å². The zero-order valence-electron chi connectivity index (χ0n) is 10.8. The number of aliphatic carboxylic acids is 1. The summed E-state index contributed by atoms with van der Waals surface area (Å²) in [6.07, 6.45) is -0.0589. The molecule has 0 aliphatic rings. The molecule has 1 aromatic carbocycles. The van der Waals surface area contributed by atoms with Gasteiger partial charge in [-0.1, -0.05) is 0 Å². The van der Waals surface area contributed by atoms with Crippen molar-refractivity contribution in [2.45, 2.75) is 26.7 Å². The Labute approximate surface area is 107 Å². The Morgan fingerprint density at radius 1 is 1.06 bits per heavy atom. The largest absolute Gasteiger partial charge is 0.481 e. The van der Waals surface area contributed by atoms with Crippen LogP contribution in [0.2, 0.25) is 0 Å². The van der Waals surface area contributed by atoms with Gasteiger partial charge in [0, 0.05) is 30.8 Å². The fraction of sp³-hybridized carbons (Fsp3) is 0.429. The fourth-order valence-electron chi connectivity index (χ4n) is 1.81. The maximum absolute atomic E-state index is 11.7. The SMILES string of the molecule is CCN(CC)c1ccc(C(=O)CCC(=O)O)cc1. The van der Waals surface area contributed by atoms with Crippen LogP contribution >= 0.6 is 0 Å². The lowest BCUT2D eigenvalue weighted by Gasteiger charge is -2.20. The molecule has 98 valence electrons. The van der Waals surface area contributed by atoms with Crippen LogP contribution < -0.4 is 4.90 Å². The highest BCUT2D eigenvalue weighted by atomic mass is 16.4. The second kappa shape index (κ2) is 6.79. The normalized spacial score (nSPS) is 10.1. The number of benzene rings is 1. The Balaban J connectivity index is 2.70. The molecule has 0 spiro atoms. The number of carboxylic acids is 1. The molecular weight excluding hydrogens is 230 g/mol. The third-order valence-electron chi connectivity index (χ3n) is 2.88. The van der Waals surface area contributed by atoms with Crippen LogP contribution in [-0.2, 0) is 4.79 Å². The summed E-state index contributed by atoms with van der Waals surface area (Å²) in [5, 5.41) is 8.53. The van der Waals surface area contributed by atoms with Crippen LogP contribution in [0.3, 0.4) is 0 Å². The van der Waals surface area contributed by atoms with Crippen LogP contribution in [0.15, 0.2) is 24.3 Å². The molecule has 1 N–H and O–H groups in total. The minimum absolute atomic E-state index is 0.0555. The van der Waals surface area contributed by atoms with E-state index in [0.717, 1.165) is 18.8 Å². The molecule has 4 heteroatoms. The average Bonchev–Trinajstić information content (AvgIpc) is 2.38. The van der Waals surface area contributed by atoms with Crippen molar-refractivity contribution < 1.29 is 14.7 Å². The van der Waals surface area contributed by atoms with Gasteiger partial charge < -0.3 is 10.0 Å². The number of Topliss-reactive ketones (excluding diaryl/α,β-unsaturated/α-hetero) is 1. The van der Waals surface area contributed by atoms with Gasteiger partial charge in [0.05, 0.1) is 6.42 Å². The first kappa shape index (κ1) is 14.2. The summed E-state index contributed by atoms with van der Waals surface area (Å²) >= 11 is 0. The molecule has 0 aromatic heterocycles. The molecule has 0 unspecified atom stereocenters. The van der Waals surface area contributed by atoms with Crippen molar-refractivity contribution in [2.24, 2.45) is 0 Å². The van der Waals surface area contributed by atoms with Crippen LogP contribution in [0.5, 0.6) is 0 Å². The Morgan fingerprint density at radius 2 is 1.61 bits per heavy atom. The first-order chi connectivity index (χ1) is 8.58. The topological polar surface area (TPSA) is 57.6 Å². The maximum atomic E-state index is 11.7. The zero-order valence-corrected chi connectivity index (χ0v) is 10.8. The Morgan fingerprint density at radius 3 is 2.06 bits per heavy atom. The van der Waals surface area contributed by atoms with Crippen LogP contribution in [-0.4, -0.2) is 29.9 Å². The summed E-state index contributed by atoms with van der Waals surface area (Å²) in [5.74, 6) is -1.06. The molecule has 0 aliphatic heterocycles. The number of carboxylic acid groups (broad SMARTS) is 1. The quantitative estimate of drug-likeness (QED) is 0.754. The molecule has 0 amide bonds. The number of ketones is 1. The van der Waals surface area contributed by atoms with Crippen LogP contribution in [0.25, 0.3) is 0 Å². The summed E-state index contributed by atoms with van der Waals surface area (Å²) in [7, 11) is 0. The van der Waals surface area contributed by atoms with Crippen molar-refractivity contribution in [2.75, 3.05) is 18.0 Å². The van der Waals surface area contributed by atoms with Gasteiger partial charge >= 0.3 is 5.97 Å². The molecule has 0 aliphatic carbocycles. The number of hydrogen-bond acceptors (Lipinski definition) is 3. The lowest BCUT2D eigenvalue weighted by Crippen LogP contribution is -2.21. The van der Waals surface area contributed by atoms with Crippen LogP contribution in [0.4, 0.5) is 5.69 Å². The number of carbonyl (C=O) groups excluding carboxylic acids is 1. The first-order valence-electron chi connectivity index (χ1n) is 6.18. The predicted molar refractivity (Wildman–Crippen MR) is 71.2 cm³/mol. The third-order valence-corrected chi connectivity index (χ3v) is 2.88. The summed E-state index contributed by atoms with van der Waals surface area (Å²) in [5.41, 5.74) is 1.65. The molecule has 0 radical (unpaired) electrons. The molecule has 0 saturated carbocycles. The van der Waals surface area contributed by atoms with Crippen molar-refractivity contribution in [1.29, 1.82) is 0 Å². The highest BCUT2D eigenvalue weighted by Crippen LogP contribution is 2.16. The van der Waals surface area contributed by atoms with E-state index in [9.17, 15) is 9.59 Å². The van der Waals surface area contributed by atoms with Gasteiger partial charge in [0.2, 0.25) is 0 Å². The Bertz CT molecular complexity index is 408. The monoisotopic (exact) mass is 249 g/mol. The molecule has 0 atom stereocenters. The van der Waals surface area contributed by atoms with E-state index in [2.05, 4.69) is 18.7 Å². The predicted octanol–water partition coefficient (Wildman–Crippen LogP) is 2.58. The zero-order chi connectivity index (χ0) is 13.5. The Hall–Kier alpha value is -1.84. The lowest BCUT2D eigenvalue weighted by molar-refractivity contribution is -0.136. The second-order valence-electron chi connectivity index (χ2n) is 4.04. The van der Waals surface area contributed by atoms with E-state index in [1.165, 1.54) is 0 Å². The first-order valence-corrected chi connectivity index (χ1v) is 6.18. The Kier molecular flexibility index (Phi) is 5.36. The second-order valence-corrected chi connectivity index (χ2v) is 4.04. The van der Waals surface area contributed by atoms with Gasteiger partial charge in [-0.25, -0.2) is 0 Å². The highest BCUT2D eigenvalue weighted by Gasteiger charge is 2.09. The van der Waals surface area contributed by atoms with E-state index in [4.69, 9.17) is 5.11 Å². The van der Waals surface area contributed by atoms with Gasteiger partial charge in [0.15, 0.2) is 5.78 Å². The van der Waals surface area contributed by atoms with Gasteiger partial charge in [0.25, 0.3) is 0 Å². The number of rotatable bonds is 7. The fourth-order valence-corrected chi connectivity index (χ4v) is 1.81. The maximum Gasteiger partial charge on any atom is 0.303 e. The van der Waals surface area contributed by atoms with Gasteiger partial charge in [-0.05, 0) is 38.1 Å². The molecule has 0 saturated heterocycles. The molecule has 0 bridgehead atoms. The van der Waals surface area contributed by atoms with Crippen molar-refractivity contribution in [3.05, 3.63) is 29.8 Å². The summed E-state index contributed by atoms with van der Waals surface area (Å²) < 4.78 is 0. The van der Waals surface area contributed by atoms with Crippen LogP contribution in [0.1, 0.15) is 37.0 Å². The lowest BCUT2D eigenvalue weighted by atomic mass is 10.1. The van der Waals surface area contributed by atoms with Crippen molar-refractivity contribution in [1.82, 2.24) is 0 Å². The van der Waals surface area contributed by atoms with E-state index < -0.39 is 5.97 Å². The molecule has 0 heterocycles. The number of carbonyl (C=O) groups is 2. The van der Waals surface area contributed by atoms with E-state index in [1.807, 2.05) is 12.1 Å². The van der Waals surface area contributed by atoms with Gasteiger partial charge in [-0.15, -0.1) is 0 Å². The standard InChI is InChI=1S/C14H19NO3/c1-3-15(4-2)12-7-5-11(6-8-12)13(16)9-10-14(17)18/h5-8H,3-4,9-10H2,1-2H3,(H,17,18). The molecule has 1 rings (SSSR count). The van der Waals surface area contributed by atoms with Gasteiger partial charge in [-0.3, -0.25) is 9.59 Å². The van der Waals surface area contributed by atoms with Crippen LogP contribution in [0, 0.1) is 0 Å². The number of nitrogens with zero attached hydrogens (tertiary/aromatic N) is 1. The summed E-state index contributed by atoms with van der Waals surface area (Å²) in [6.45, 7) is 6.00. The van der Waals surface area contributed by atoms with E-state index in [0.29, 0.717) is 5.56 Å². The number of hydrogen-bond donors (Lipinski definition) is 1. The molecule has 18 heavy (non-hydrogen) atoms. The van der Waals surface area contributed by atoms with Crippen molar-refractivity contribution >= 4 is 17.4 Å². The summed E-state index contributed by atoms with van der Waals surface area (Å²) in [6, 6.07) is 7.33.